The van der Waals surface area contributed by atoms with E-state index in [0.717, 1.165) is 5.56 Å². The van der Waals surface area contributed by atoms with E-state index >= 15 is 0 Å². The Hall–Kier alpha value is -2.08. The van der Waals surface area contributed by atoms with Gasteiger partial charge in [-0.1, -0.05) is 30.3 Å². The monoisotopic (exact) mass is 337 g/mol. The molecule has 0 spiro atoms. The second-order valence-corrected chi connectivity index (χ2v) is 5.10. The summed E-state index contributed by atoms with van der Waals surface area (Å²) in [5, 5.41) is 18.2. The highest BCUT2D eigenvalue weighted by Gasteiger charge is 2.21. The molecule has 0 amide bonds. The van der Waals surface area contributed by atoms with Crippen LogP contribution in [0.2, 0.25) is 0 Å². The molecule has 0 aliphatic heterocycles. The summed E-state index contributed by atoms with van der Waals surface area (Å²) in [5.74, 6) is -2.19. The molecule has 0 aliphatic rings. The minimum Gasteiger partial charge on any atom is -0.481 e. The maximum atomic E-state index is 11.4. The number of aromatic carboxylic acids is 1. The predicted molar refractivity (Wildman–Crippen MR) is 76.0 cm³/mol. The van der Waals surface area contributed by atoms with Crippen molar-refractivity contribution >= 4 is 27.9 Å². The van der Waals surface area contributed by atoms with E-state index in [4.69, 9.17) is 5.11 Å². The van der Waals surface area contributed by atoms with E-state index in [9.17, 15) is 14.7 Å². The fourth-order valence-electron chi connectivity index (χ4n) is 2.04. The number of aromatic nitrogens is 1. The lowest BCUT2D eigenvalue weighted by Crippen LogP contribution is -2.13. The molecule has 1 heterocycles. The van der Waals surface area contributed by atoms with Crippen molar-refractivity contribution in [2.45, 2.75) is 13.0 Å². The van der Waals surface area contributed by atoms with E-state index < -0.39 is 11.9 Å². The molecule has 6 heteroatoms. The topological polar surface area (TPSA) is 79.5 Å². The molecule has 20 heavy (non-hydrogen) atoms. The van der Waals surface area contributed by atoms with Crippen LogP contribution >= 0.6 is 15.9 Å². The molecular formula is C14H12BrNO4. The van der Waals surface area contributed by atoms with Gasteiger partial charge in [0.15, 0.2) is 0 Å². The molecule has 2 aromatic rings. The summed E-state index contributed by atoms with van der Waals surface area (Å²) in [6.07, 6.45) is -0.317. The van der Waals surface area contributed by atoms with Crippen LogP contribution in [0.25, 0.3) is 0 Å². The van der Waals surface area contributed by atoms with Crippen LogP contribution in [0.5, 0.6) is 0 Å². The normalized spacial score (nSPS) is 10.4. The van der Waals surface area contributed by atoms with Crippen molar-refractivity contribution in [1.29, 1.82) is 0 Å². The molecule has 0 aliphatic carbocycles. The first-order chi connectivity index (χ1) is 9.49. The minimum atomic E-state index is -1.14. The lowest BCUT2D eigenvalue weighted by molar-refractivity contribution is -0.136. The van der Waals surface area contributed by atoms with Crippen LogP contribution in [0.1, 0.15) is 21.6 Å². The average Bonchev–Trinajstić information content (AvgIpc) is 2.66. The lowest BCUT2D eigenvalue weighted by Gasteiger charge is -2.09. The van der Waals surface area contributed by atoms with Crippen molar-refractivity contribution in [2.24, 2.45) is 0 Å². The van der Waals surface area contributed by atoms with Crippen molar-refractivity contribution in [3.05, 3.63) is 57.8 Å². The third-order valence-electron chi connectivity index (χ3n) is 2.85. The molecule has 1 aromatic heterocycles. The van der Waals surface area contributed by atoms with Gasteiger partial charge in [-0.2, -0.15) is 0 Å². The highest BCUT2D eigenvalue weighted by atomic mass is 79.9. The number of carboxylic acid groups (broad SMARTS) is 2. The Morgan fingerprint density at radius 1 is 1.15 bits per heavy atom. The Balaban J connectivity index is 2.44. The Labute approximate surface area is 123 Å². The van der Waals surface area contributed by atoms with Crippen molar-refractivity contribution < 1.29 is 19.8 Å². The maximum Gasteiger partial charge on any atom is 0.352 e. The van der Waals surface area contributed by atoms with Gasteiger partial charge in [-0.25, -0.2) is 4.79 Å². The van der Waals surface area contributed by atoms with Crippen molar-refractivity contribution in [1.82, 2.24) is 4.57 Å². The second-order valence-electron chi connectivity index (χ2n) is 4.29. The van der Waals surface area contributed by atoms with Crippen LogP contribution in [0.15, 0.2) is 41.0 Å². The molecule has 2 N–H and O–H groups in total. The van der Waals surface area contributed by atoms with Crippen molar-refractivity contribution in [2.75, 3.05) is 0 Å². The Morgan fingerprint density at radius 3 is 2.35 bits per heavy atom. The third-order valence-corrected chi connectivity index (χ3v) is 3.51. The van der Waals surface area contributed by atoms with E-state index in [-0.39, 0.29) is 17.7 Å². The summed E-state index contributed by atoms with van der Waals surface area (Å²) < 4.78 is 2.10. The largest absolute Gasteiger partial charge is 0.481 e. The van der Waals surface area contributed by atoms with Gasteiger partial charge in [0, 0.05) is 6.54 Å². The van der Waals surface area contributed by atoms with E-state index in [1.165, 1.54) is 0 Å². The second kappa shape index (κ2) is 5.92. The number of hydrogen-bond donors (Lipinski definition) is 2. The predicted octanol–water partition coefficient (Wildman–Crippen LogP) is 2.62. The number of nitrogens with zero attached hydrogens (tertiary/aromatic N) is 1. The van der Waals surface area contributed by atoms with Gasteiger partial charge in [0.2, 0.25) is 0 Å². The summed E-state index contributed by atoms with van der Waals surface area (Å²) in [6, 6.07) is 10.9. The summed E-state index contributed by atoms with van der Waals surface area (Å²) in [4.78, 5) is 22.2. The quantitative estimate of drug-likeness (QED) is 0.878. The fourth-order valence-corrected chi connectivity index (χ4v) is 2.62. The third kappa shape index (κ3) is 3.08. The number of rotatable bonds is 5. The van der Waals surface area contributed by atoms with Gasteiger partial charge >= 0.3 is 11.9 Å². The van der Waals surface area contributed by atoms with Crippen LogP contribution in [0.4, 0.5) is 0 Å². The van der Waals surface area contributed by atoms with Crippen LogP contribution in [0, 0.1) is 0 Å². The molecule has 1 aromatic carbocycles. The maximum absolute atomic E-state index is 11.4. The Kier molecular flexibility index (Phi) is 4.24. The van der Waals surface area contributed by atoms with Gasteiger partial charge in [-0.05, 0) is 33.1 Å². The van der Waals surface area contributed by atoms with Crippen LogP contribution < -0.4 is 0 Å². The molecule has 0 bridgehead atoms. The zero-order valence-electron chi connectivity index (χ0n) is 10.4. The molecule has 0 atom stereocenters. The van der Waals surface area contributed by atoms with Crippen molar-refractivity contribution in [3.8, 4) is 0 Å². The average molecular weight is 338 g/mol. The van der Waals surface area contributed by atoms with E-state index in [0.29, 0.717) is 11.1 Å². The fraction of sp³-hybridized carbons (Fsp3) is 0.143. The van der Waals surface area contributed by atoms with Gasteiger partial charge in [0.25, 0.3) is 0 Å². The van der Waals surface area contributed by atoms with E-state index in [2.05, 4.69) is 15.9 Å². The molecular weight excluding hydrogens is 326 g/mol. The standard InChI is InChI=1S/C14H12BrNO4/c15-11-6-10(7-12(17)18)13(14(19)20)16(11)8-9-4-2-1-3-5-9/h1-6H,7-8H2,(H,17,18)(H,19,20). The first-order valence-electron chi connectivity index (χ1n) is 5.86. The number of aliphatic carboxylic acids is 1. The summed E-state index contributed by atoms with van der Waals surface area (Å²) in [7, 11) is 0. The SMILES string of the molecule is O=C(O)Cc1cc(Br)n(Cc2ccccc2)c1C(=O)O. The van der Waals surface area contributed by atoms with Crippen LogP contribution in [-0.4, -0.2) is 26.7 Å². The first kappa shape index (κ1) is 14.3. The molecule has 2 rings (SSSR count). The molecule has 0 saturated heterocycles. The van der Waals surface area contributed by atoms with Crippen LogP contribution in [-0.2, 0) is 17.8 Å². The van der Waals surface area contributed by atoms with Gasteiger partial charge in [0.05, 0.1) is 11.0 Å². The zero-order chi connectivity index (χ0) is 14.7. The first-order valence-corrected chi connectivity index (χ1v) is 6.65. The molecule has 0 unspecified atom stereocenters. The molecule has 5 nitrogen and oxygen atoms in total. The van der Waals surface area contributed by atoms with Gasteiger partial charge in [-0.15, -0.1) is 0 Å². The smallest absolute Gasteiger partial charge is 0.352 e. The number of hydrogen-bond acceptors (Lipinski definition) is 2. The number of carbonyl (C=O) groups is 2. The van der Waals surface area contributed by atoms with Crippen LogP contribution in [0.3, 0.4) is 0 Å². The van der Waals surface area contributed by atoms with Gasteiger partial charge in [-0.3, -0.25) is 4.79 Å². The Morgan fingerprint density at radius 2 is 1.80 bits per heavy atom. The summed E-state index contributed by atoms with van der Waals surface area (Å²) >= 11 is 3.29. The molecule has 0 saturated carbocycles. The van der Waals surface area contributed by atoms with Crippen molar-refractivity contribution in [3.63, 3.8) is 0 Å². The minimum absolute atomic E-state index is 0.00290. The molecule has 104 valence electrons. The Bertz CT molecular complexity index is 649. The van der Waals surface area contributed by atoms with E-state index in [1.54, 1.807) is 10.6 Å². The summed E-state index contributed by atoms with van der Waals surface area (Å²) in [6.45, 7) is 0.364. The number of halogens is 1. The highest BCUT2D eigenvalue weighted by Crippen LogP contribution is 2.23. The zero-order valence-corrected chi connectivity index (χ0v) is 12.0. The van der Waals surface area contributed by atoms with Gasteiger partial charge in [0.1, 0.15) is 5.69 Å². The van der Waals surface area contributed by atoms with E-state index in [1.807, 2.05) is 30.3 Å². The van der Waals surface area contributed by atoms with Gasteiger partial charge < -0.3 is 14.8 Å². The number of benzene rings is 1. The highest BCUT2D eigenvalue weighted by molar-refractivity contribution is 9.10. The molecule has 0 radical (unpaired) electrons. The summed E-state index contributed by atoms with van der Waals surface area (Å²) in [5.41, 5.74) is 1.23. The number of carboxylic acids is 2. The molecule has 0 fully saturated rings. The lowest BCUT2D eigenvalue weighted by atomic mass is 10.1.